The molecule has 3 rings (SSSR count). The highest BCUT2D eigenvalue weighted by molar-refractivity contribution is 5.92. The zero-order chi connectivity index (χ0) is 31.0. The van der Waals surface area contributed by atoms with Crippen molar-refractivity contribution in [2.24, 2.45) is 23.7 Å². The van der Waals surface area contributed by atoms with Gasteiger partial charge in [-0.1, -0.05) is 27.7 Å². The molecular weight excluding hydrogens is 536 g/mol. The molecule has 1 aromatic carbocycles. The summed E-state index contributed by atoms with van der Waals surface area (Å²) in [6, 6.07) is 3.63. The fourth-order valence-electron chi connectivity index (χ4n) is 5.75. The van der Waals surface area contributed by atoms with Crippen molar-refractivity contribution in [1.29, 1.82) is 0 Å². The Labute approximate surface area is 251 Å². The van der Waals surface area contributed by atoms with Gasteiger partial charge in [-0.25, -0.2) is 4.79 Å². The highest BCUT2D eigenvalue weighted by Gasteiger charge is 2.42. The van der Waals surface area contributed by atoms with Gasteiger partial charge in [0.05, 0.1) is 24.3 Å². The molecule has 1 saturated heterocycles. The van der Waals surface area contributed by atoms with Gasteiger partial charge in [-0.2, -0.15) is 0 Å². The Kier molecular flexibility index (Phi) is 12.1. The molecule has 2 amide bonds. The lowest BCUT2D eigenvalue weighted by molar-refractivity contribution is -0.146. The lowest BCUT2D eigenvalue weighted by atomic mass is 9.83. The van der Waals surface area contributed by atoms with Crippen molar-refractivity contribution in [3.63, 3.8) is 0 Å². The minimum atomic E-state index is -0.669. The SMILES string of the molecule is COCCCOc1cc2c(cc1NC(=O)C[C@@H](C[C@H](NC(=O)OC(C)(C)C)[C@H]1C[C@@H](C(C)C)C(=O)O1)C(C)C)CCC2. The molecule has 1 aliphatic heterocycles. The number of esters is 1. The van der Waals surface area contributed by atoms with Crippen molar-refractivity contribution in [3.05, 3.63) is 23.3 Å². The van der Waals surface area contributed by atoms with Crippen LogP contribution in [0.2, 0.25) is 0 Å². The fraction of sp³-hybridized carbons (Fsp3) is 0.727. The van der Waals surface area contributed by atoms with Crippen LogP contribution < -0.4 is 15.4 Å². The van der Waals surface area contributed by atoms with Crippen LogP contribution in [0.5, 0.6) is 5.75 Å². The van der Waals surface area contributed by atoms with E-state index < -0.39 is 23.8 Å². The van der Waals surface area contributed by atoms with Gasteiger partial charge in [-0.05, 0) is 93.9 Å². The van der Waals surface area contributed by atoms with Crippen LogP contribution in [-0.4, -0.2) is 56.0 Å². The number of carbonyl (C=O) groups is 3. The topological polar surface area (TPSA) is 112 Å². The number of alkyl carbamates (subject to hydrolysis) is 1. The highest BCUT2D eigenvalue weighted by Crippen LogP contribution is 2.35. The van der Waals surface area contributed by atoms with Crippen molar-refractivity contribution in [1.82, 2.24) is 5.32 Å². The summed E-state index contributed by atoms with van der Waals surface area (Å²) >= 11 is 0. The predicted octanol–water partition coefficient (Wildman–Crippen LogP) is 6.06. The van der Waals surface area contributed by atoms with Crippen LogP contribution in [0.15, 0.2) is 12.1 Å². The van der Waals surface area contributed by atoms with Gasteiger partial charge >= 0.3 is 12.1 Å². The number of rotatable bonds is 14. The average Bonchev–Trinajstić information content (AvgIpc) is 3.50. The van der Waals surface area contributed by atoms with Crippen LogP contribution in [0.25, 0.3) is 0 Å². The van der Waals surface area contributed by atoms with Gasteiger partial charge in [0.15, 0.2) is 0 Å². The van der Waals surface area contributed by atoms with Gasteiger partial charge in [-0.3, -0.25) is 9.59 Å². The Morgan fingerprint density at radius 1 is 1.07 bits per heavy atom. The number of aryl methyl sites for hydroxylation is 2. The van der Waals surface area contributed by atoms with Crippen LogP contribution in [0.1, 0.15) is 91.7 Å². The van der Waals surface area contributed by atoms with Crippen LogP contribution in [0.3, 0.4) is 0 Å². The predicted molar refractivity (Wildman–Crippen MR) is 163 cm³/mol. The molecule has 2 N–H and O–H groups in total. The molecule has 1 aromatic rings. The van der Waals surface area contributed by atoms with Crippen molar-refractivity contribution in [2.45, 2.75) is 111 Å². The molecule has 0 radical (unpaired) electrons. The summed E-state index contributed by atoms with van der Waals surface area (Å²) in [4.78, 5) is 38.9. The van der Waals surface area contributed by atoms with E-state index in [1.807, 2.05) is 40.7 Å². The van der Waals surface area contributed by atoms with E-state index in [-0.39, 0.29) is 42.0 Å². The Morgan fingerprint density at radius 3 is 2.36 bits per heavy atom. The maximum atomic E-state index is 13.5. The Hall–Kier alpha value is -2.81. The lowest BCUT2D eigenvalue weighted by Gasteiger charge is -2.31. The lowest BCUT2D eigenvalue weighted by Crippen LogP contribution is -2.47. The number of fused-ring (bicyclic) bond motifs is 1. The second-order valence-corrected chi connectivity index (χ2v) is 13.5. The largest absolute Gasteiger partial charge is 0.491 e. The number of anilines is 1. The van der Waals surface area contributed by atoms with Crippen LogP contribution in [0.4, 0.5) is 10.5 Å². The number of amides is 2. The number of carbonyl (C=O) groups excluding carboxylic acids is 3. The minimum Gasteiger partial charge on any atom is -0.491 e. The average molecular weight is 589 g/mol. The number of methoxy groups -OCH3 is 1. The number of ether oxygens (including phenoxy) is 4. The van der Waals surface area contributed by atoms with E-state index in [9.17, 15) is 14.4 Å². The summed E-state index contributed by atoms with van der Waals surface area (Å²) in [7, 11) is 1.67. The molecule has 1 heterocycles. The highest BCUT2D eigenvalue weighted by atomic mass is 16.6. The van der Waals surface area contributed by atoms with Crippen LogP contribution >= 0.6 is 0 Å². The number of benzene rings is 1. The maximum Gasteiger partial charge on any atom is 0.408 e. The van der Waals surface area contributed by atoms with Crippen molar-refractivity contribution in [3.8, 4) is 5.75 Å². The summed E-state index contributed by atoms with van der Waals surface area (Å²) in [5.74, 6) is 0.301. The molecule has 0 aromatic heterocycles. The Balaban J connectivity index is 1.75. The minimum absolute atomic E-state index is 0.0813. The van der Waals surface area contributed by atoms with Gasteiger partial charge in [0.25, 0.3) is 0 Å². The number of nitrogens with one attached hydrogen (secondary N) is 2. The van der Waals surface area contributed by atoms with E-state index in [4.69, 9.17) is 18.9 Å². The first-order valence-corrected chi connectivity index (χ1v) is 15.5. The first kappa shape index (κ1) is 33.7. The quantitative estimate of drug-likeness (QED) is 0.201. The maximum absolute atomic E-state index is 13.5. The Bertz CT molecular complexity index is 1080. The molecule has 0 saturated carbocycles. The number of hydrogen-bond acceptors (Lipinski definition) is 7. The summed E-state index contributed by atoms with van der Waals surface area (Å²) in [6.07, 6.45) is 4.06. The normalized spacial score (nSPS) is 19.8. The van der Waals surface area contributed by atoms with E-state index in [1.54, 1.807) is 7.11 Å². The fourth-order valence-corrected chi connectivity index (χ4v) is 5.75. The van der Waals surface area contributed by atoms with Crippen molar-refractivity contribution in [2.75, 3.05) is 25.6 Å². The van der Waals surface area contributed by atoms with Gasteiger partial charge in [0, 0.05) is 26.6 Å². The summed E-state index contributed by atoms with van der Waals surface area (Å²) in [5, 5.41) is 6.09. The van der Waals surface area contributed by atoms with E-state index in [2.05, 4.69) is 30.5 Å². The standard InChI is InChI=1S/C33H52N2O7/c1-20(2)24(16-27(35-32(38)42-33(5,6)7)29-19-25(21(3)4)31(37)41-29)18-30(36)34-26-15-22-11-9-12-23(22)17-28(26)40-14-10-13-39-8/h15,17,20-21,24-25,27,29H,9-14,16,18-19H2,1-8H3,(H,34,36)(H,35,38)/t24-,25+,27+,29-/m1/s1. The molecule has 0 unspecified atom stereocenters. The van der Waals surface area contributed by atoms with Crippen LogP contribution in [-0.2, 0) is 36.6 Å². The molecule has 2 aliphatic rings. The summed E-state index contributed by atoms with van der Waals surface area (Å²) in [5.41, 5.74) is 2.54. The van der Waals surface area contributed by atoms with Gasteiger partial charge in [-0.15, -0.1) is 0 Å². The molecule has 9 heteroatoms. The molecule has 42 heavy (non-hydrogen) atoms. The third kappa shape index (κ3) is 9.89. The zero-order valence-electron chi connectivity index (χ0n) is 26.8. The molecular formula is C33H52N2O7. The molecule has 4 atom stereocenters. The first-order chi connectivity index (χ1) is 19.8. The first-order valence-electron chi connectivity index (χ1n) is 15.5. The van der Waals surface area contributed by atoms with Gasteiger partial charge < -0.3 is 29.6 Å². The second-order valence-electron chi connectivity index (χ2n) is 13.5. The van der Waals surface area contributed by atoms with E-state index in [0.29, 0.717) is 37.5 Å². The number of cyclic esters (lactones) is 1. The zero-order valence-corrected chi connectivity index (χ0v) is 26.8. The monoisotopic (exact) mass is 588 g/mol. The van der Waals surface area contributed by atoms with Crippen molar-refractivity contribution >= 4 is 23.7 Å². The number of hydrogen-bond donors (Lipinski definition) is 2. The smallest absolute Gasteiger partial charge is 0.408 e. The molecule has 1 aliphatic carbocycles. The molecule has 1 fully saturated rings. The summed E-state index contributed by atoms with van der Waals surface area (Å²) < 4.78 is 22.5. The Morgan fingerprint density at radius 2 is 1.76 bits per heavy atom. The van der Waals surface area contributed by atoms with Gasteiger partial charge in [0.1, 0.15) is 17.5 Å². The molecule has 236 valence electrons. The summed E-state index contributed by atoms with van der Waals surface area (Å²) in [6.45, 7) is 14.7. The van der Waals surface area contributed by atoms with E-state index in [0.717, 1.165) is 25.7 Å². The van der Waals surface area contributed by atoms with Crippen LogP contribution in [0, 0.1) is 23.7 Å². The molecule has 9 nitrogen and oxygen atoms in total. The van der Waals surface area contributed by atoms with Gasteiger partial charge in [0.2, 0.25) is 5.91 Å². The van der Waals surface area contributed by atoms with Crippen molar-refractivity contribution < 1.29 is 33.3 Å². The second kappa shape index (κ2) is 15.1. The molecule has 0 bridgehead atoms. The third-order valence-corrected chi connectivity index (χ3v) is 8.18. The van der Waals surface area contributed by atoms with E-state index in [1.165, 1.54) is 11.1 Å². The molecule has 0 spiro atoms. The third-order valence-electron chi connectivity index (χ3n) is 8.18. The van der Waals surface area contributed by atoms with E-state index >= 15 is 0 Å².